The lowest BCUT2D eigenvalue weighted by molar-refractivity contribution is -0.166. The number of carbonyl (C=O) groups is 4. The van der Waals surface area contributed by atoms with Gasteiger partial charge in [-0.15, -0.1) is 0 Å². The summed E-state index contributed by atoms with van der Waals surface area (Å²) in [5.41, 5.74) is 1.25. The van der Waals surface area contributed by atoms with Gasteiger partial charge in [0.2, 0.25) is 5.91 Å². The predicted octanol–water partition coefficient (Wildman–Crippen LogP) is 4.55. The first-order valence-corrected chi connectivity index (χ1v) is 15.4. The molecule has 0 aromatic heterocycles. The summed E-state index contributed by atoms with van der Waals surface area (Å²) in [6.45, 7) is 10.2. The van der Waals surface area contributed by atoms with Crippen LogP contribution in [0.5, 0.6) is 0 Å². The van der Waals surface area contributed by atoms with E-state index >= 15 is 0 Å². The Labute approximate surface area is 238 Å². The third-order valence-electron chi connectivity index (χ3n) is 11.8. The molecule has 40 heavy (non-hydrogen) atoms. The molecule has 4 aliphatic carbocycles. The Morgan fingerprint density at radius 2 is 1.62 bits per heavy atom. The number of amides is 1. The number of ether oxygens (including phenoxy) is 3. The molecule has 3 unspecified atom stereocenters. The second kappa shape index (κ2) is 10.8. The van der Waals surface area contributed by atoms with Crippen LogP contribution >= 0.6 is 0 Å². The van der Waals surface area contributed by atoms with Gasteiger partial charge in [-0.3, -0.25) is 19.2 Å². The minimum atomic E-state index is -0.752. The molecule has 3 saturated carbocycles. The van der Waals surface area contributed by atoms with Crippen molar-refractivity contribution in [1.29, 1.82) is 0 Å². The van der Waals surface area contributed by atoms with Gasteiger partial charge in [-0.1, -0.05) is 25.5 Å². The summed E-state index contributed by atoms with van der Waals surface area (Å²) in [6, 6.07) is 0.288. The number of allylic oxidation sites excluding steroid dienone is 1. The first-order chi connectivity index (χ1) is 19.0. The van der Waals surface area contributed by atoms with Gasteiger partial charge in [0.1, 0.15) is 0 Å². The predicted molar refractivity (Wildman–Crippen MR) is 148 cm³/mol. The Bertz CT molecular complexity index is 1090. The summed E-state index contributed by atoms with van der Waals surface area (Å²) >= 11 is 0. The van der Waals surface area contributed by atoms with Crippen LogP contribution in [-0.2, 0) is 33.4 Å². The van der Waals surface area contributed by atoms with E-state index in [9.17, 15) is 19.2 Å². The van der Waals surface area contributed by atoms with Crippen LogP contribution in [0.15, 0.2) is 11.6 Å². The van der Waals surface area contributed by atoms with Crippen LogP contribution in [0.3, 0.4) is 0 Å². The van der Waals surface area contributed by atoms with Crippen molar-refractivity contribution in [2.45, 2.75) is 85.6 Å². The van der Waals surface area contributed by atoms with Gasteiger partial charge in [-0.25, -0.2) is 0 Å². The SMILES string of the molecule is CCOC(=O)[C@@H]1[C@@H](C(=O)OCC)[C@@H]2C[C@H]3C4CCC5N(C)C(=O)CC[C@]5(C)C4CC[C@]3(C)C2=C[C@@H]1COC(C)=O. The molecule has 8 nitrogen and oxygen atoms in total. The van der Waals surface area contributed by atoms with E-state index in [-0.39, 0.29) is 54.5 Å². The van der Waals surface area contributed by atoms with Gasteiger partial charge in [0, 0.05) is 32.4 Å². The molecule has 222 valence electrons. The highest BCUT2D eigenvalue weighted by Crippen LogP contribution is 2.69. The van der Waals surface area contributed by atoms with E-state index in [0.29, 0.717) is 24.2 Å². The van der Waals surface area contributed by atoms with Crippen molar-refractivity contribution in [3.05, 3.63) is 11.6 Å². The van der Waals surface area contributed by atoms with Gasteiger partial charge in [0.15, 0.2) is 0 Å². The van der Waals surface area contributed by atoms with Crippen molar-refractivity contribution in [2.75, 3.05) is 26.9 Å². The quantitative estimate of drug-likeness (QED) is 0.268. The van der Waals surface area contributed by atoms with Crippen LogP contribution in [0, 0.1) is 52.3 Å². The highest BCUT2D eigenvalue weighted by atomic mass is 16.5. The Hall–Kier alpha value is -2.38. The van der Waals surface area contributed by atoms with Crippen molar-refractivity contribution in [1.82, 2.24) is 4.90 Å². The highest BCUT2D eigenvalue weighted by molar-refractivity contribution is 5.84. The van der Waals surface area contributed by atoms with Gasteiger partial charge in [0.05, 0.1) is 31.7 Å². The van der Waals surface area contributed by atoms with E-state index < -0.39 is 29.7 Å². The fourth-order valence-electron chi connectivity index (χ4n) is 10.1. The van der Waals surface area contributed by atoms with Crippen LogP contribution in [0.25, 0.3) is 0 Å². The molecular weight excluding hydrogens is 510 g/mol. The van der Waals surface area contributed by atoms with Crippen molar-refractivity contribution >= 4 is 23.8 Å². The molecule has 0 N–H and O–H groups in total. The highest BCUT2D eigenvalue weighted by Gasteiger charge is 2.65. The van der Waals surface area contributed by atoms with Crippen LogP contribution in [0.1, 0.15) is 79.6 Å². The number of piperidine rings is 1. The fraction of sp³-hybridized carbons (Fsp3) is 0.812. The molecule has 0 spiro atoms. The lowest BCUT2D eigenvalue weighted by atomic mass is 9.47. The van der Waals surface area contributed by atoms with Gasteiger partial charge >= 0.3 is 17.9 Å². The van der Waals surface area contributed by atoms with Crippen molar-refractivity contribution in [3.63, 3.8) is 0 Å². The Morgan fingerprint density at radius 1 is 0.950 bits per heavy atom. The Balaban J connectivity index is 1.53. The van der Waals surface area contributed by atoms with E-state index in [4.69, 9.17) is 14.2 Å². The number of hydrogen-bond donors (Lipinski definition) is 0. The minimum absolute atomic E-state index is 0.0395. The first-order valence-electron chi connectivity index (χ1n) is 15.4. The molecule has 1 amide bonds. The molecule has 5 rings (SSSR count). The second-order valence-electron chi connectivity index (χ2n) is 13.4. The number of rotatable bonds is 6. The molecule has 0 radical (unpaired) electrons. The number of nitrogens with zero attached hydrogens (tertiary/aromatic N) is 1. The Morgan fingerprint density at radius 3 is 2.27 bits per heavy atom. The standard InChI is InChI=1S/C32H47NO7/c1-7-38-29(36)27-19(17-40-18(3)34)15-23-21(28(27)30(37)39-8-2)16-24-20-9-10-25-32(5,14-12-26(35)33(25)6)22(20)11-13-31(23,24)4/h15,19-22,24-25,27-28H,7-14,16-17H2,1-6H3/t19-,20?,21-,22?,24+,25?,27+,28+,31-,32-/m1/s1. The number of likely N-dealkylation sites (tertiary alicyclic amines) is 1. The topological polar surface area (TPSA) is 99.2 Å². The summed E-state index contributed by atoms with van der Waals surface area (Å²) < 4.78 is 16.5. The maximum absolute atomic E-state index is 13.6. The minimum Gasteiger partial charge on any atom is -0.466 e. The normalized spacial score (nSPS) is 42.0. The van der Waals surface area contributed by atoms with Gasteiger partial charge in [0.25, 0.3) is 0 Å². The van der Waals surface area contributed by atoms with Crippen molar-refractivity contribution in [3.8, 4) is 0 Å². The summed E-state index contributed by atoms with van der Waals surface area (Å²) in [5.74, 6) is -1.46. The maximum atomic E-state index is 13.6. The molecule has 1 saturated heterocycles. The zero-order valence-electron chi connectivity index (χ0n) is 25.1. The molecule has 1 heterocycles. The third kappa shape index (κ3) is 4.48. The Kier molecular flexibility index (Phi) is 7.86. The van der Waals surface area contributed by atoms with E-state index in [1.807, 2.05) is 11.9 Å². The number of fused-ring (bicyclic) bond motifs is 7. The summed E-state index contributed by atoms with van der Waals surface area (Å²) in [6.07, 6.45) is 8.77. The van der Waals surface area contributed by atoms with Crippen LogP contribution in [0.4, 0.5) is 0 Å². The lowest BCUT2D eigenvalue weighted by Crippen LogP contribution is -2.61. The summed E-state index contributed by atoms with van der Waals surface area (Å²) in [5, 5.41) is 0. The molecule has 5 aliphatic rings. The average Bonchev–Trinajstić information content (AvgIpc) is 3.21. The molecule has 1 aliphatic heterocycles. The maximum Gasteiger partial charge on any atom is 0.310 e. The zero-order chi connectivity index (χ0) is 29.0. The van der Waals surface area contributed by atoms with Gasteiger partial charge < -0.3 is 19.1 Å². The van der Waals surface area contributed by atoms with E-state index in [1.165, 1.54) is 12.5 Å². The molecular formula is C32H47NO7. The second-order valence-corrected chi connectivity index (χ2v) is 13.4. The van der Waals surface area contributed by atoms with E-state index in [2.05, 4.69) is 19.9 Å². The first kappa shape index (κ1) is 29.1. The summed E-state index contributed by atoms with van der Waals surface area (Å²) in [4.78, 5) is 53.4. The lowest BCUT2D eigenvalue weighted by Gasteiger charge is -2.61. The number of hydrogen-bond acceptors (Lipinski definition) is 7. The van der Waals surface area contributed by atoms with Gasteiger partial charge in [-0.05, 0) is 86.9 Å². The zero-order valence-corrected chi connectivity index (χ0v) is 25.1. The third-order valence-corrected chi connectivity index (χ3v) is 11.8. The monoisotopic (exact) mass is 557 g/mol. The van der Waals surface area contributed by atoms with E-state index in [1.54, 1.807) is 13.8 Å². The molecule has 0 bridgehead atoms. The van der Waals surface area contributed by atoms with E-state index in [0.717, 1.165) is 38.5 Å². The fourth-order valence-corrected chi connectivity index (χ4v) is 10.1. The van der Waals surface area contributed by atoms with Crippen molar-refractivity contribution < 1.29 is 33.4 Å². The molecule has 8 heteroatoms. The molecule has 10 atom stereocenters. The average molecular weight is 558 g/mol. The molecule has 0 aromatic carbocycles. The van der Waals surface area contributed by atoms with Crippen molar-refractivity contribution in [2.24, 2.45) is 52.3 Å². The summed E-state index contributed by atoms with van der Waals surface area (Å²) in [7, 11) is 1.98. The smallest absolute Gasteiger partial charge is 0.310 e. The number of esters is 3. The van der Waals surface area contributed by atoms with Gasteiger partial charge in [-0.2, -0.15) is 0 Å². The molecule has 0 aromatic rings. The van der Waals surface area contributed by atoms with Crippen LogP contribution < -0.4 is 0 Å². The van der Waals surface area contributed by atoms with Crippen LogP contribution in [0.2, 0.25) is 0 Å². The number of carbonyl (C=O) groups excluding carboxylic acids is 4. The largest absolute Gasteiger partial charge is 0.466 e. The molecule has 4 fully saturated rings. The van der Waals surface area contributed by atoms with Crippen LogP contribution in [-0.4, -0.2) is 61.6 Å².